The van der Waals surface area contributed by atoms with Gasteiger partial charge in [0.25, 0.3) is 5.56 Å². The predicted octanol–water partition coefficient (Wildman–Crippen LogP) is 4.09. The lowest BCUT2D eigenvalue weighted by Gasteiger charge is -2.34. The summed E-state index contributed by atoms with van der Waals surface area (Å²) in [6.45, 7) is 9.37. The van der Waals surface area contributed by atoms with Gasteiger partial charge in [0, 0.05) is 50.0 Å². The van der Waals surface area contributed by atoms with Crippen LogP contribution in [0.3, 0.4) is 0 Å². The number of fused-ring (bicyclic) bond motifs is 1. The molecule has 0 aliphatic carbocycles. The van der Waals surface area contributed by atoms with Crippen LogP contribution in [0.25, 0.3) is 15.5 Å². The molecule has 4 aromatic rings. The molecule has 0 radical (unpaired) electrons. The van der Waals surface area contributed by atoms with E-state index in [1.165, 1.54) is 21.4 Å². The number of anilines is 1. The van der Waals surface area contributed by atoms with Crippen LogP contribution < -0.4 is 10.9 Å². The van der Waals surface area contributed by atoms with Gasteiger partial charge in [-0.25, -0.2) is 9.78 Å². The highest BCUT2D eigenvalue weighted by molar-refractivity contribution is 7.19. The lowest BCUT2D eigenvalue weighted by Crippen LogP contribution is -2.49. The molecule has 180 valence electrons. The highest BCUT2D eigenvalue weighted by Gasteiger charge is 2.22. The zero-order valence-electron chi connectivity index (χ0n) is 20.1. The van der Waals surface area contributed by atoms with Gasteiger partial charge in [-0.1, -0.05) is 41.7 Å². The van der Waals surface area contributed by atoms with Crippen molar-refractivity contribution >= 4 is 28.0 Å². The zero-order valence-corrected chi connectivity index (χ0v) is 20.9. The molecule has 1 aliphatic rings. The third-order valence-corrected chi connectivity index (χ3v) is 7.42. The van der Waals surface area contributed by atoms with E-state index in [4.69, 9.17) is 4.98 Å². The standard InChI is InChI=1S/C26H28N6O2S/c1-17-8-9-20(14-19(17)3)27-25(34)31-12-10-30(11-13-31)16-21-15-23(33)32-26(28-21)35-24(29-32)22-7-5-4-6-18(22)2/h4-9,14-15H,10-13,16H2,1-3H3,(H,27,34). The summed E-state index contributed by atoms with van der Waals surface area (Å²) in [6, 6.07) is 15.4. The second-order valence-corrected chi connectivity index (χ2v) is 9.95. The molecule has 0 unspecified atom stereocenters. The number of carbonyl (C=O) groups is 1. The highest BCUT2D eigenvalue weighted by Crippen LogP contribution is 2.27. The highest BCUT2D eigenvalue weighted by atomic mass is 32.1. The summed E-state index contributed by atoms with van der Waals surface area (Å²) >= 11 is 1.42. The quantitative estimate of drug-likeness (QED) is 0.468. The van der Waals surface area contributed by atoms with E-state index >= 15 is 0 Å². The molecule has 0 saturated carbocycles. The molecule has 0 atom stereocenters. The Morgan fingerprint density at radius 2 is 1.74 bits per heavy atom. The molecule has 1 fully saturated rings. The van der Waals surface area contributed by atoms with Crippen molar-refractivity contribution in [1.82, 2.24) is 24.4 Å². The number of hydrogen-bond acceptors (Lipinski definition) is 6. The molecule has 0 bridgehead atoms. The molecule has 0 spiro atoms. The van der Waals surface area contributed by atoms with Crippen LogP contribution in [0.5, 0.6) is 0 Å². The molecule has 1 saturated heterocycles. The molecular formula is C26H28N6O2S. The Bertz CT molecular complexity index is 1450. The normalized spacial score (nSPS) is 14.4. The fourth-order valence-corrected chi connectivity index (χ4v) is 5.23. The monoisotopic (exact) mass is 488 g/mol. The summed E-state index contributed by atoms with van der Waals surface area (Å²) in [5.74, 6) is 0. The molecule has 8 nitrogen and oxygen atoms in total. The van der Waals surface area contributed by atoms with Crippen molar-refractivity contribution in [3.8, 4) is 10.6 Å². The first-order valence-corrected chi connectivity index (χ1v) is 12.5. The number of piperazine rings is 1. The van der Waals surface area contributed by atoms with Crippen molar-refractivity contribution in [1.29, 1.82) is 0 Å². The molecule has 35 heavy (non-hydrogen) atoms. The van der Waals surface area contributed by atoms with E-state index in [1.54, 1.807) is 6.07 Å². The van der Waals surface area contributed by atoms with E-state index < -0.39 is 0 Å². The van der Waals surface area contributed by atoms with E-state index in [-0.39, 0.29) is 11.6 Å². The fourth-order valence-electron chi connectivity index (χ4n) is 4.22. The van der Waals surface area contributed by atoms with E-state index in [1.807, 2.05) is 61.2 Å². The fraction of sp³-hybridized carbons (Fsp3) is 0.308. The van der Waals surface area contributed by atoms with Gasteiger partial charge in [0.1, 0.15) is 5.01 Å². The van der Waals surface area contributed by atoms with Crippen LogP contribution >= 0.6 is 11.3 Å². The van der Waals surface area contributed by atoms with E-state index in [0.29, 0.717) is 24.6 Å². The van der Waals surface area contributed by atoms with Crippen molar-refractivity contribution in [3.63, 3.8) is 0 Å². The average molecular weight is 489 g/mol. The Morgan fingerprint density at radius 1 is 0.971 bits per heavy atom. The predicted molar refractivity (Wildman–Crippen MR) is 139 cm³/mol. The van der Waals surface area contributed by atoms with Gasteiger partial charge >= 0.3 is 6.03 Å². The number of nitrogens with zero attached hydrogens (tertiary/aromatic N) is 5. The Hall–Kier alpha value is -3.56. The smallest absolute Gasteiger partial charge is 0.321 e. The molecule has 2 aromatic carbocycles. The molecule has 1 aliphatic heterocycles. The largest absolute Gasteiger partial charge is 0.322 e. The van der Waals surface area contributed by atoms with E-state index in [9.17, 15) is 9.59 Å². The van der Waals surface area contributed by atoms with Crippen molar-refractivity contribution in [2.75, 3.05) is 31.5 Å². The second kappa shape index (κ2) is 9.59. The number of carbonyl (C=O) groups excluding carboxylic acids is 1. The van der Waals surface area contributed by atoms with Gasteiger partial charge in [-0.2, -0.15) is 9.61 Å². The maximum absolute atomic E-state index is 12.7. The topological polar surface area (TPSA) is 82.8 Å². The molecule has 5 rings (SSSR count). The zero-order chi connectivity index (χ0) is 24.5. The van der Waals surface area contributed by atoms with Crippen LogP contribution in [0.2, 0.25) is 0 Å². The number of aryl methyl sites for hydroxylation is 3. The van der Waals surface area contributed by atoms with Gasteiger partial charge in [0.2, 0.25) is 4.96 Å². The van der Waals surface area contributed by atoms with Crippen LogP contribution in [0.1, 0.15) is 22.4 Å². The number of benzene rings is 2. The molecule has 1 N–H and O–H groups in total. The number of amides is 2. The number of aromatic nitrogens is 3. The molecule has 3 heterocycles. The first-order chi connectivity index (χ1) is 16.9. The summed E-state index contributed by atoms with van der Waals surface area (Å²) in [4.78, 5) is 34.8. The average Bonchev–Trinajstić information content (AvgIpc) is 3.27. The Labute approximate surface area is 207 Å². The summed E-state index contributed by atoms with van der Waals surface area (Å²) in [7, 11) is 0. The Kier molecular flexibility index (Phi) is 6.36. The van der Waals surface area contributed by atoms with Gasteiger partial charge < -0.3 is 10.2 Å². The lowest BCUT2D eigenvalue weighted by atomic mass is 10.1. The third kappa shape index (κ3) is 4.96. The first-order valence-electron chi connectivity index (χ1n) is 11.7. The van der Waals surface area contributed by atoms with Crippen LogP contribution in [0.15, 0.2) is 53.3 Å². The minimum absolute atomic E-state index is 0.0842. The third-order valence-electron chi connectivity index (χ3n) is 6.48. The summed E-state index contributed by atoms with van der Waals surface area (Å²) in [6.07, 6.45) is 0. The van der Waals surface area contributed by atoms with Gasteiger partial charge in [-0.05, 0) is 49.6 Å². The van der Waals surface area contributed by atoms with Crippen LogP contribution in [0, 0.1) is 20.8 Å². The van der Waals surface area contributed by atoms with Gasteiger partial charge in [0.15, 0.2) is 0 Å². The Morgan fingerprint density at radius 3 is 2.49 bits per heavy atom. The van der Waals surface area contributed by atoms with Crippen LogP contribution in [0.4, 0.5) is 10.5 Å². The van der Waals surface area contributed by atoms with Gasteiger partial charge in [-0.3, -0.25) is 9.69 Å². The summed E-state index contributed by atoms with van der Waals surface area (Å²) in [5.41, 5.74) is 5.84. The molecule has 2 aromatic heterocycles. The number of urea groups is 1. The minimum atomic E-state index is -0.174. The van der Waals surface area contributed by atoms with Gasteiger partial charge in [0.05, 0.1) is 5.69 Å². The minimum Gasteiger partial charge on any atom is -0.322 e. The van der Waals surface area contributed by atoms with Crippen molar-refractivity contribution in [2.24, 2.45) is 0 Å². The first kappa shape index (κ1) is 23.2. The number of rotatable bonds is 4. The van der Waals surface area contributed by atoms with Crippen molar-refractivity contribution in [3.05, 3.63) is 81.3 Å². The number of nitrogens with one attached hydrogen (secondary N) is 1. The SMILES string of the molecule is Cc1ccc(NC(=O)N2CCN(Cc3cc(=O)n4nc(-c5ccccc5C)sc4n3)CC2)cc1C. The van der Waals surface area contributed by atoms with Crippen molar-refractivity contribution < 1.29 is 4.79 Å². The molecular weight excluding hydrogens is 460 g/mol. The number of hydrogen-bond donors (Lipinski definition) is 1. The van der Waals surface area contributed by atoms with Crippen LogP contribution in [-0.2, 0) is 6.54 Å². The summed E-state index contributed by atoms with van der Waals surface area (Å²) in [5, 5.41) is 8.28. The van der Waals surface area contributed by atoms with Gasteiger partial charge in [-0.15, -0.1) is 0 Å². The maximum atomic E-state index is 12.7. The second-order valence-electron chi connectivity index (χ2n) is 8.99. The summed E-state index contributed by atoms with van der Waals surface area (Å²) < 4.78 is 1.38. The maximum Gasteiger partial charge on any atom is 0.321 e. The van der Waals surface area contributed by atoms with E-state index in [0.717, 1.165) is 46.2 Å². The van der Waals surface area contributed by atoms with Crippen LogP contribution in [-0.4, -0.2) is 56.6 Å². The molecule has 9 heteroatoms. The molecule has 2 amide bonds. The lowest BCUT2D eigenvalue weighted by molar-refractivity contribution is 0.142. The van der Waals surface area contributed by atoms with Crippen molar-refractivity contribution in [2.45, 2.75) is 27.3 Å². The Balaban J connectivity index is 1.23. The van der Waals surface area contributed by atoms with E-state index in [2.05, 4.69) is 22.2 Å².